The molecule has 0 saturated carbocycles. The van der Waals surface area contributed by atoms with Crippen molar-refractivity contribution in [3.05, 3.63) is 35.5 Å². The molecule has 0 aromatic rings. The first-order chi connectivity index (χ1) is 7.50. The highest BCUT2D eigenvalue weighted by molar-refractivity contribution is 9.09. The zero-order valence-electron chi connectivity index (χ0n) is 10.5. The number of rotatable bonds is 2. The van der Waals surface area contributed by atoms with Gasteiger partial charge in [-0.05, 0) is 47.3 Å². The summed E-state index contributed by atoms with van der Waals surface area (Å²) in [5.41, 5.74) is 4.31. The van der Waals surface area contributed by atoms with Gasteiger partial charge in [-0.1, -0.05) is 55.4 Å². The van der Waals surface area contributed by atoms with Crippen LogP contribution in [0.2, 0.25) is 0 Å². The number of hydrogen-bond acceptors (Lipinski definition) is 0. The third kappa shape index (κ3) is 2.07. The van der Waals surface area contributed by atoms with E-state index < -0.39 is 0 Å². The van der Waals surface area contributed by atoms with Gasteiger partial charge < -0.3 is 0 Å². The Morgan fingerprint density at radius 2 is 2.06 bits per heavy atom. The molecule has 0 amide bonds. The minimum absolute atomic E-state index is 0.636. The quantitative estimate of drug-likeness (QED) is 0.633. The summed E-state index contributed by atoms with van der Waals surface area (Å²) < 4.78 is 0. The Labute approximate surface area is 108 Å². The molecule has 0 radical (unpaired) electrons. The summed E-state index contributed by atoms with van der Waals surface area (Å²) >= 11 is 3.88. The van der Waals surface area contributed by atoms with Gasteiger partial charge in [-0.2, -0.15) is 0 Å². The smallest absolute Gasteiger partial charge is 0.0200 e. The van der Waals surface area contributed by atoms with E-state index in [4.69, 9.17) is 0 Å². The van der Waals surface area contributed by atoms with Crippen LogP contribution in [-0.2, 0) is 0 Å². The van der Waals surface area contributed by atoms with Crippen molar-refractivity contribution in [1.82, 2.24) is 0 Å². The van der Waals surface area contributed by atoms with Crippen LogP contribution in [0.5, 0.6) is 0 Å². The molecule has 0 fully saturated rings. The first-order valence-corrected chi connectivity index (χ1v) is 7.16. The van der Waals surface area contributed by atoms with Crippen molar-refractivity contribution >= 4 is 15.9 Å². The van der Waals surface area contributed by atoms with Crippen molar-refractivity contribution in [2.45, 2.75) is 38.4 Å². The van der Waals surface area contributed by atoms with Gasteiger partial charge in [0, 0.05) is 4.83 Å². The zero-order chi connectivity index (χ0) is 11.9. The number of alkyl halides is 1. The van der Waals surface area contributed by atoms with Crippen LogP contribution in [0.15, 0.2) is 35.5 Å². The Bertz CT molecular complexity index is 360. The molecule has 2 aliphatic rings. The predicted octanol–water partition coefficient (Wildman–Crippen LogP) is 4.87. The molecule has 0 unspecified atom stereocenters. The van der Waals surface area contributed by atoms with Gasteiger partial charge in [0.1, 0.15) is 0 Å². The summed E-state index contributed by atoms with van der Waals surface area (Å²) in [6.07, 6.45) is 6.98. The van der Waals surface area contributed by atoms with E-state index in [-0.39, 0.29) is 0 Å². The fraction of sp³-hybridized carbons (Fsp3) is 0.600. The Morgan fingerprint density at radius 3 is 2.69 bits per heavy atom. The van der Waals surface area contributed by atoms with Gasteiger partial charge in [-0.25, -0.2) is 0 Å². The second-order valence-electron chi connectivity index (χ2n) is 5.58. The van der Waals surface area contributed by atoms with Gasteiger partial charge in [0.25, 0.3) is 0 Å². The number of halogens is 1. The average Bonchev–Trinajstić information content (AvgIpc) is 2.60. The first-order valence-electron chi connectivity index (χ1n) is 6.25. The Morgan fingerprint density at radius 1 is 1.38 bits per heavy atom. The molecule has 3 atom stereocenters. The second kappa shape index (κ2) is 4.52. The van der Waals surface area contributed by atoms with Crippen LogP contribution in [0, 0.1) is 17.8 Å². The van der Waals surface area contributed by atoms with Crippen molar-refractivity contribution in [2.75, 3.05) is 0 Å². The van der Waals surface area contributed by atoms with Gasteiger partial charge in [0.15, 0.2) is 0 Å². The van der Waals surface area contributed by atoms with Crippen LogP contribution in [0.25, 0.3) is 0 Å². The average molecular weight is 281 g/mol. The van der Waals surface area contributed by atoms with E-state index in [1.165, 1.54) is 24.0 Å². The Balaban J connectivity index is 2.18. The molecule has 1 heteroatoms. The van der Waals surface area contributed by atoms with E-state index in [2.05, 4.69) is 55.4 Å². The van der Waals surface area contributed by atoms with Crippen LogP contribution < -0.4 is 0 Å². The van der Waals surface area contributed by atoms with E-state index >= 15 is 0 Å². The predicted molar refractivity (Wildman–Crippen MR) is 74.7 cm³/mol. The van der Waals surface area contributed by atoms with Crippen molar-refractivity contribution in [1.29, 1.82) is 0 Å². The number of allylic oxidation sites excluding steroid dienone is 5. The van der Waals surface area contributed by atoms with Crippen molar-refractivity contribution < 1.29 is 0 Å². The molecule has 0 saturated heterocycles. The Hall–Kier alpha value is -0.300. The molecule has 0 bridgehead atoms. The molecule has 0 N–H and O–H groups in total. The van der Waals surface area contributed by atoms with E-state index in [1.807, 2.05) is 0 Å². The van der Waals surface area contributed by atoms with E-state index in [1.54, 1.807) is 5.57 Å². The molecule has 0 aromatic carbocycles. The van der Waals surface area contributed by atoms with E-state index in [0.717, 1.165) is 5.92 Å². The highest BCUT2D eigenvalue weighted by Crippen LogP contribution is 2.44. The lowest BCUT2D eigenvalue weighted by atomic mass is 9.75. The summed E-state index contributed by atoms with van der Waals surface area (Å²) in [6.45, 7) is 11.1. The van der Waals surface area contributed by atoms with Gasteiger partial charge >= 0.3 is 0 Å². The lowest BCUT2D eigenvalue weighted by Crippen LogP contribution is -2.26. The lowest BCUT2D eigenvalue weighted by molar-refractivity contribution is 0.350. The zero-order valence-corrected chi connectivity index (χ0v) is 12.0. The van der Waals surface area contributed by atoms with E-state index in [9.17, 15) is 0 Å². The van der Waals surface area contributed by atoms with Crippen LogP contribution in [0.4, 0.5) is 0 Å². The molecule has 2 aliphatic carbocycles. The maximum atomic E-state index is 4.15. The largest absolute Gasteiger partial charge is 0.0915 e. The standard InChI is InChI=1S/C15H21Br/c1-9(2)15(16)12-7-11(4)13-6-5-10(3)14(13)8-12/h5-6,9,11-12,15H,3,7-8H2,1-2,4H3/t11-,12-,15-/m1/s1. The van der Waals surface area contributed by atoms with Crippen LogP contribution >= 0.6 is 15.9 Å². The maximum Gasteiger partial charge on any atom is 0.0200 e. The molecule has 0 nitrogen and oxygen atoms in total. The topological polar surface area (TPSA) is 0 Å². The van der Waals surface area contributed by atoms with Gasteiger partial charge in [0.05, 0.1) is 0 Å². The van der Waals surface area contributed by atoms with E-state index in [0.29, 0.717) is 16.7 Å². The summed E-state index contributed by atoms with van der Waals surface area (Å²) in [4.78, 5) is 0.636. The molecule has 88 valence electrons. The highest BCUT2D eigenvalue weighted by atomic mass is 79.9. The molecular weight excluding hydrogens is 260 g/mol. The molecule has 0 heterocycles. The third-order valence-corrected chi connectivity index (χ3v) is 5.75. The van der Waals surface area contributed by atoms with Crippen molar-refractivity contribution in [3.8, 4) is 0 Å². The molecule has 0 spiro atoms. The van der Waals surface area contributed by atoms with Gasteiger partial charge in [-0.15, -0.1) is 0 Å². The van der Waals surface area contributed by atoms with Gasteiger partial charge in [-0.3, -0.25) is 0 Å². The van der Waals surface area contributed by atoms with Crippen molar-refractivity contribution in [3.63, 3.8) is 0 Å². The molecule has 2 rings (SSSR count). The minimum Gasteiger partial charge on any atom is -0.0915 e. The SMILES string of the molecule is C=C1C=CC2=C1C[C@H]([C@H](Br)C(C)C)C[C@H]2C. The summed E-state index contributed by atoms with van der Waals surface area (Å²) in [5, 5.41) is 0. The fourth-order valence-electron chi connectivity index (χ4n) is 3.00. The lowest BCUT2D eigenvalue weighted by Gasteiger charge is -2.33. The van der Waals surface area contributed by atoms with Crippen LogP contribution in [0.1, 0.15) is 33.6 Å². The van der Waals surface area contributed by atoms with Gasteiger partial charge in [0.2, 0.25) is 0 Å². The normalized spacial score (nSPS) is 31.2. The first kappa shape index (κ1) is 12.2. The monoisotopic (exact) mass is 280 g/mol. The summed E-state index contributed by atoms with van der Waals surface area (Å²) in [6, 6.07) is 0. The van der Waals surface area contributed by atoms with Crippen LogP contribution in [0.3, 0.4) is 0 Å². The molecule has 0 aliphatic heterocycles. The molecule has 16 heavy (non-hydrogen) atoms. The molecule has 0 aromatic heterocycles. The number of hydrogen-bond donors (Lipinski definition) is 0. The summed E-state index contributed by atoms with van der Waals surface area (Å²) in [5.74, 6) is 2.18. The fourth-order valence-corrected chi connectivity index (χ4v) is 3.40. The maximum absolute atomic E-state index is 4.15. The minimum atomic E-state index is 0.636. The highest BCUT2D eigenvalue weighted by Gasteiger charge is 2.32. The molecular formula is C15H21Br. The van der Waals surface area contributed by atoms with Crippen molar-refractivity contribution in [2.24, 2.45) is 17.8 Å². The third-order valence-electron chi connectivity index (χ3n) is 3.94. The second-order valence-corrected chi connectivity index (χ2v) is 6.64. The van der Waals surface area contributed by atoms with Crippen LogP contribution in [-0.4, -0.2) is 4.83 Å². The Kier molecular flexibility index (Phi) is 3.44. The summed E-state index contributed by atoms with van der Waals surface area (Å²) in [7, 11) is 0.